The molecule has 5 rings (SSSR count). The van der Waals surface area contributed by atoms with Crippen molar-refractivity contribution in [2.24, 2.45) is 0 Å². The number of allylic oxidation sites excluding steroid dienone is 1. The first kappa shape index (κ1) is 19.2. The molecule has 0 bridgehead atoms. The molecule has 1 aliphatic carbocycles. The van der Waals surface area contributed by atoms with Gasteiger partial charge in [0, 0.05) is 17.0 Å². The number of carbonyl (C=O) groups is 1. The molecule has 1 aromatic carbocycles. The van der Waals surface area contributed by atoms with Crippen LogP contribution in [-0.2, 0) is 19.4 Å². The highest BCUT2D eigenvalue weighted by Gasteiger charge is 2.23. The summed E-state index contributed by atoms with van der Waals surface area (Å²) >= 11 is 2.94. The second-order valence-electron chi connectivity index (χ2n) is 7.00. The normalized spacial score (nSPS) is 14.1. The minimum atomic E-state index is -0.227. The number of hydrogen-bond acceptors (Lipinski definition) is 7. The Balaban J connectivity index is 1.36. The SMILES string of the molecule is C=CCn1c(SCNC(=O)c2ccc3c(c2)OCO3)nc2sc3c(c2c1=O)CCC3. The zero-order valence-corrected chi connectivity index (χ0v) is 17.7. The fourth-order valence-electron chi connectivity index (χ4n) is 3.76. The Morgan fingerprint density at radius 3 is 3.07 bits per heavy atom. The van der Waals surface area contributed by atoms with E-state index >= 15 is 0 Å². The number of aryl methyl sites for hydroxylation is 2. The van der Waals surface area contributed by atoms with Crippen LogP contribution in [0.15, 0.2) is 40.8 Å². The van der Waals surface area contributed by atoms with Gasteiger partial charge in [-0.1, -0.05) is 17.8 Å². The molecule has 1 aliphatic heterocycles. The lowest BCUT2D eigenvalue weighted by Gasteiger charge is -2.11. The monoisotopic (exact) mass is 441 g/mol. The highest BCUT2D eigenvalue weighted by molar-refractivity contribution is 7.99. The molecule has 0 spiro atoms. The van der Waals surface area contributed by atoms with Gasteiger partial charge in [0.2, 0.25) is 6.79 Å². The largest absolute Gasteiger partial charge is 0.454 e. The number of ether oxygens (including phenoxy) is 2. The number of fused-ring (bicyclic) bond motifs is 4. The van der Waals surface area contributed by atoms with Crippen LogP contribution in [0.25, 0.3) is 10.2 Å². The lowest BCUT2D eigenvalue weighted by atomic mass is 10.2. The number of benzene rings is 1. The molecule has 1 N–H and O–H groups in total. The van der Waals surface area contributed by atoms with E-state index < -0.39 is 0 Å². The van der Waals surface area contributed by atoms with Crippen LogP contribution in [0.4, 0.5) is 0 Å². The minimum Gasteiger partial charge on any atom is -0.454 e. The average Bonchev–Trinajstić information content (AvgIpc) is 3.45. The van der Waals surface area contributed by atoms with Gasteiger partial charge in [0.15, 0.2) is 16.7 Å². The first-order valence-electron chi connectivity index (χ1n) is 9.62. The summed E-state index contributed by atoms with van der Waals surface area (Å²) in [4.78, 5) is 32.4. The third-order valence-electron chi connectivity index (χ3n) is 5.17. The summed E-state index contributed by atoms with van der Waals surface area (Å²) in [6.07, 6.45) is 4.75. The van der Waals surface area contributed by atoms with Crippen molar-refractivity contribution in [3.63, 3.8) is 0 Å². The van der Waals surface area contributed by atoms with Crippen molar-refractivity contribution in [3.8, 4) is 11.5 Å². The van der Waals surface area contributed by atoms with E-state index in [1.54, 1.807) is 40.2 Å². The molecule has 0 unspecified atom stereocenters. The van der Waals surface area contributed by atoms with Gasteiger partial charge in [0.05, 0.1) is 11.3 Å². The van der Waals surface area contributed by atoms with E-state index in [0.717, 1.165) is 35.0 Å². The van der Waals surface area contributed by atoms with Gasteiger partial charge in [-0.3, -0.25) is 14.2 Å². The molecule has 3 aromatic rings. The molecule has 3 heterocycles. The van der Waals surface area contributed by atoms with E-state index in [4.69, 9.17) is 14.5 Å². The molecule has 1 amide bonds. The molecule has 2 aromatic heterocycles. The van der Waals surface area contributed by atoms with Crippen molar-refractivity contribution < 1.29 is 14.3 Å². The third kappa shape index (κ3) is 3.27. The number of nitrogens with one attached hydrogen (secondary N) is 1. The molecule has 9 heteroatoms. The maximum atomic E-state index is 13.1. The van der Waals surface area contributed by atoms with Gasteiger partial charge in [0.1, 0.15) is 4.83 Å². The van der Waals surface area contributed by atoms with Gasteiger partial charge in [-0.15, -0.1) is 17.9 Å². The predicted octanol–water partition coefficient (Wildman–Crippen LogP) is 3.34. The van der Waals surface area contributed by atoms with Gasteiger partial charge >= 0.3 is 0 Å². The van der Waals surface area contributed by atoms with Crippen LogP contribution < -0.4 is 20.3 Å². The lowest BCUT2D eigenvalue weighted by molar-refractivity contribution is 0.0960. The average molecular weight is 442 g/mol. The van der Waals surface area contributed by atoms with Gasteiger partial charge in [-0.05, 0) is 43.0 Å². The Morgan fingerprint density at radius 1 is 1.33 bits per heavy atom. The predicted molar refractivity (Wildman–Crippen MR) is 117 cm³/mol. The van der Waals surface area contributed by atoms with E-state index in [1.807, 2.05) is 0 Å². The Kier molecular flexibility index (Phi) is 5.00. The molecule has 0 atom stereocenters. The van der Waals surface area contributed by atoms with E-state index in [1.165, 1.54) is 16.6 Å². The molecule has 7 nitrogen and oxygen atoms in total. The first-order valence-corrected chi connectivity index (χ1v) is 11.4. The Labute approximate surface area is 180 Å². The van der Waals surface area contributed by atoms with E-state index in [2.05, 4.69) is 11.9 Å². The van der Waals surface area contributed by atoms with Crippen LogP contribution in [0.1, 0.15) is 27.2 Å². The van der Waals surface area contributed by atoms with Gasteiger partial charge in [-0.2, -0.15) is 0 Å². The number of amides is 1. The molecule has 0 saturated heterocycles. The minimum absolute atomic E-state index is 0.0242. The molecule has 154 valence electrons. The summed E-state index contributed by atoms with van der Waals surface area (Å²) in [6, 6.07) is 5.07. The topological polar surface area (TPSA) is 82.5 Å². The molecule has 2 aliphatic rings. The fraction of sp³-hybridized carbons (Fsp3) is 0.286. The smallest absolute Gasteiger partial charge is 0.263 e. The van der Waals surface area contributed by atoms with Crippen LogP contribution in [0, 0.1) is 0 Å². The molecule has 0 radical (unpaired) electrons. The molecular formula is C21H19N3O4S2. The number of nitrogens with zero attached hydrogens (tertiary/aromatic N) is 2. The van der Waals surface area contributed by atoms with Crippen LogP contribution >= 0.6 is 23.1 Å². The van der Waals surface area contributed by atoms with Gasteiger partial charge < -0.3 is 14.8 Å². The number of hydrogen-bond donors (Lipinski definition) is 1. The third-order valence-corrected chi connectivity index (χ3v) is 7.21. The number of aromatic nitrogens is 2. The second-order valence-corrected chi connectivity index (χ2v) is 9.03. The summed E-state index contributed by atoms with van der Waals surface area (Å²) < 4.78 is 12.2. The summed E-state index contributed by atoms with van der Waals surface area (Å²) in [7, 11) is 0. The lowest BCUT2D eigenvalue weighted by Crippen LogP contribution is -2.26. The van der Waals surface area contributed by atoms with Crippen LogP contribution in [0.5, 0.6) is 11.5 Å². The molecular weight excluding hydrogens is 422 g/mol. The summed E-state index contributed by atoms with van der Waals surface area (Å²) in [6.45, 7) is 4.31. The number of rotatable bonds is 6. The van der Waals surface area contributed by atoms with Crippen LogP contribution in [0.2, 0.25) is 0 Å². The summed E-state index contributed by atoms with van der Waals surface area (Å²) in [5.74, 6) is 1.25. The van der Waals surface area contributed by atoms with Crippen LogP contribution in [-0.4, -0.2) is 28.1 Å². The quantitative estimate of drug-likeness (QED) is 0.273. The van der Waals surface area contributed by atoms with Crippen molar-refractivity contribution in [2.45, 2.75) is 31.0 Å². The highest BCUT2D eigenvalue weighted by atomic mass is 32.2. The van der Waals surface area contributed by atoms with Crippen molar-refractivity contribution in [2.75, 3.05) is 12.7 Å². The first-order chi connectivity index (χ1) is 14.7. The van der Waals surface area contributed by atoms with Gasteiger partial charge in [0.25, 0.3) is 11.5 Å². The fourth-order valence-corrected chi connectivity index (χ4v) is 5.88. The molecule has 0 fully saturated rings. The highest BCUT2D eigenvalue weighted by Crippen LogP contribution is 2.35. The zero-order chi connectivity index (χ0) is 20.7. The number of thioether (sulfide) groups is 1. The standard InChI is InChI=1S/C21H19N3O4S2/c1-2-8-24-20(26)17-13-4-3-5-16(13)30-19(17)23-21(24)29-10-22-18(25)12-6-7-14-15(9-12)28-11-27-14/h2,6-7,9H,1,3-5,8,10-11H2,(H,22,25). The number of thiophene rings is 1. The Morgan fingerprint density at radius 2 is 2.20 bits per heavy atom. The summed E-state index contributed by atoms with van der Waals surface area (Å²) in [5, 5.41) is 4.20. The Hall–Kier alpha value is -2.78. The molecule has 0 saturated carbocycles. The van der Waals surface area contributed by atoms with E-state index in [0.29, 0.717) is 28.8 Å². The van der Waals surface area contributed by atoms with Gasteiger partial charge in [-0.25, -0.2) is 4.98 Å². The van der Waals surface area contributed by atoms with Crippen LogP contribution in [0.3, 0.4) is 0 Å². The van der Waals surface area contributed by atoms with Crippen molar-refractivity contribution in [3.05, 3.63) is 57.2 Å². The zero-order valence-electron chi connectivity index (χ0n) is 16.1. The second kappa shape index (κ2) is 7.81. The van der Waals surface area contributed by atoms with E-state index in [9.17, 15) is 9.59 Å². The number of carbonyl (C=O) groups excluding carboxylic acids is 1. The van der Waals surface area contributed by atoms with Crippen molar-refractivity contribution in [1.29, 1.82) is 0 Å². The Bertz CT molecular complexity index is 1230. The van der Waals surface area contributed by atoms with E-state index in [-0.39, 0.29) is 24.1 Å². The maximum Gasteiger partial charge on any atom is 0.263 e. The summed E-state index contributed by atoms with van der Waals surface area (Å²) in [5.41, 5.74) is 1.63. The molecule has 30 heavy (non-hydrogen) atoms. The van der Waals surface area contributed by atoms with Crippen molar-refractivity contribution >= 4 is 39.2 Å². The maximum absolute atomic E-state index is 13.1. The van der Waals surface area contributed by atoms with Crippen molar-refractivity contribution in [1.82, 2.24) is 14.9 Å².